The summed E-state index contributed by atoms with van der Waals surface area (Å²) in [6.07, 6.45) is 4.17. The number of halogens is 2. The molecule has 2 rings (SSSR count). The van der Waals surface area contributed by atoms with Gasteiger partial charge in [0.25, 0.3) is 11.8 Å². The summed E-state index contributed by atoms with van der Waals surface area (Å²) in [7, 11) is 0. The Hall–Kier alpha value is -1.44. The molecule has 2 amide bonds. The zero-order valence-corrected chi connectivity index (χ0v) is 16.5. The van der Waals surface area contributed by atoms with Crippen molar-refractivity contribution in [2.75, 3.05) is 18.6 Å². The maximum absolute atomic E-state index is 12.4. The minimum absolute atomic E-state index is 0.191. The van der Waals surface area contributed by atoms with Crippen molar-refractivity contribution in [2.45, 2.75) is 31.3 Å². The normalized spacial score (nSPS) is 14.4. The van der Waals surface area contributed by atoms with E-state index < -0.39 is 17.9 Å². The molecule has 6 nitrogen and oxygen atoms in total. The van der Waals surface area contributed by atoms with Crippen LogP contribution in [0, 0.1) is 0 Å². The first kappa shape index (κ1) is 20.9. The third kappa shape index (κ3) is 6.70. The van der Waals surface area contributed by atoms with Gasteiger partial charge in [-0.15, -0.1) is 0 Å². The Morgan fingerprint density at radius 1 is 1.31 bits per heavy atom. The zero-order chi connectivity index (χ0) is 19.1. The van der Waals surface area contributed by atoms with Gasteiger partial charge in [0.2, 0.25) is 0 Å². The molecular formula is C17H20Cl2N2O4S. The first-order valence-electron chi connectivity index (χ1n) is 8.11. The summed E-state index contributed by atoms with van der Waals surface area (Å²) in [6.45, 7) is -0.358. The van der Waals surface area contributed by atoms with Crippen LogP contribution in [0.2, 0.25) is 10.0 Å². The summed E-state index contributed by atoms with van der Waals surface area (Å²) in [4.78, 5) is 36.3. The number of esters is 1. The van der Waals surface area contributed by atoms with Crippen molar-refractivity contribution < 1.29 is 19.1 Å². The molecular weight excluding hydrogens is 399 g/mol. The summed E-state index contributed by atoms with van der Waals surface area (Å²) < 4.78 is 5.05. The van der Waals surface area contributed by atoms with E-state index in [2.05, 4.69) is 10.6 Å². The predicted octanol–water partition coefficient (Wildman–Crippen LogP) is 2.67. The molecule has 0 saturated heterocycles. The highest BCUT2D eigenvalue weighted by Gasteiger charge is 2.26. The fourth-order valence-corrected chi connectivity index (χ4v) is 3.09. The lowest BCUT2D eigenvalue weighted by molar-refractivity contribution is -0.150. The molecule has 1 atom stereocenters. The van der Waals surface area contributed by atoms with Gasteiger partial charge >= 0.3 is 5.97 Å². The molecule has 26 heavy (non-hydrogen) atoms. The van der Waals surface area contributed by atoms with Gasteiger partial charge in [0, 0.05) is 11.1 Å². The van der Waals surface area contributed by atoms with Crippen molar-refractivity contribution in [3.63, 3.8) is 0 Å². The first-order chi connectivity index (χ1) is 12.4. The van der Waals surface area contributed by atoms with Crippen molar-refractivity contribution in [3.8, 4) is 0 Å². The number of rotatable bonds is 9. The minimum Gasteiger partial charge on any atom is -0.454 e. The first-order valence-corrected chi connectivity index (χ1v) is 10.3. The van der Waals surface area contributed by atoms with Crippen LogP contribution < -0.4 is 10.6 Å². The number of hydrogen-bond acceptors (Lipinski definition) is 5. The van der Waals surface area contributed by atoms with E-state index in [1.807, 2.05) is 6.26 Å². The lowest BCUT2D eigenvalue weighted by atomic mass is 10.1. The average Bonchev–Trinajstić information content (AvgIpc) is 3.40. The van der Waals surface area contributed by atoms with Crippen molar-refractivity contribution in [1.29, 1.82) is 0 Å². The third-order valence-corrected chi connectivity index (χ3v) is 4.86. The summed E-state index contributed by atoms with van der Waals surface area (Å²) in [5, 5.41) is 5.95. The van der Waals surface area contributed by atoms with E-state index in [0.717, 1.165) is 12.8 Å². The molecule has 1 fully saturated rings. The van der Waals surface area contributed by atoms with Crippen LogP contribution in [-0.2, 0) is 14.3 Å². The molecule has 0 unspecified atom stereocenters. The minimum atomic E-state index is -0.865. The van der Waals surface area contributed by atoms with E-state index in [4.69, 9.17) is 27.9 Å². The Morgan fingerprint density at radius 3 is 2.65 bits per heavy atom. The second-order valence-electron chi connectivity index (χ2n) is 5.88. The third-order valence-electron chi connectivity index (χ3n) is 3.66. The van der Waals surface area contributed by atoms with Gasteiger partial charge in [-0.2, -0.15) is 11.8 Å². The molecule has 142 valence electrons. The molecule has 0 heterocycles. The molecule has 1 aromatic rings. The molecule has 1 aromatic carbocycles. The maximum atomic E-state index is 12.4. The number of nitrogens with one attached hydrogen (secondary N) is 2. The van der Waals surface area contributed by atoms with Crippen LogP contribution in [0.5, 0.6) is 0 Å². The van der Waals surface area contributed by atoms with Crippen molar-refractivity contribution in [3.05, 3.63) is 33.8 Å². The van der Waals surface area contributed by atoms with Gasteiger partial charge in [-0.3, -0.25) is 9.59 Å². The lowest BCUT2D eigenvalue weighted by Crippen LogP contribution is -2.43. The molecule has 1 saturated carbocycles. The van der Waals surface area contributed by atoms with Crippen LogP contribution in [0.4, 0.5) is 0 Å². The predicted molar refractivity (Wildman–Crippen MR) is 103 cm³/mol. The van der Waals surface area contributed by atoms with Crippen molar-refractivity contribution >= 4 is 52.7 Å². The monoisotopic (exact) mass is 418 g/mol. The Bertz CT molecular complexity index is 683. The average molecular weight is 419 g/mol. The molecule has 0 aromatic heterocycles. The summed E-state index contributed by atoms with van der Waals surface area (Å²) in [6, 6.07) is 3.81. The van der Waals surface area contributed by atoms with E-state index >= 15 is 0 Å². The smallest absolute Gasteiger partial charge is 0.329 e. The molecule has 1 aliphatic carbocycles. The highest BCUT2D eigenvalue weighted by Crippen LogP contribution is 2.21. The number of thioether (sulfide) groups is 1. The Labute approximate surface area is 166 Å². The summed E-state index contributed by atoms with van der Waals surface area (Å²) >= 11 is 13.4. The number of carbonyl (C=O) groups is 3. The van der Waals surface area contributed by atoms with Crippen LogP contribution in [-0.4, -0.2) is 48.5 Å². The van der Waals surface area contributed by atoms with Crippen LogP contribution in [0.1, 0.15) is 29.6 Å². The Morgan fingerprint density at radius 2 is 2.04 bits per heavy atom. The lowest BCUT2D eigenvalue weighted by Gasteiger charge is -2.17. The Kier molecular flexibility index (Phi) is 8.06. The highest BCUT2D eigenvalue weighted by atomic mass is 35.5. The maximum Gasteiger partial charge on any atom is 0.329 e. The zero-order valence-electron chi connectivity index (χ0n) is 14.2. The van der Waals surface area contributed by atoms with Gasteiger partial charge in [0.05, 0.1) is 10.6 Å². The number of hydrogen-bond donors (Lipinski definition) is 2. The molecule has 0 spiro atoms. The molecule has 0 radical (unpaired) electrons. The van der Waals surface area contributed by atoms with Crippen LogP contribution in [0.15, 0.2) is 18.2 Å². The second-order valence-corrected chi connectivity index (χ2v) is 7.71. The second kappa shape index (κ2) is 10.0. The molecule has 0 aliphatic heterocycles. The van der Waals surface area contributed by atoms with Gasteiger partial charge in [-0.25, -0.2) is 4.79 Å². The molecule has 1 aliphatic rings. The van der Waals surface area contributed by atoms with Crippen LogP contribution in [0.3, 0.4) is 0 Å². The van der Waals surface area contributed by atoms with Crippen molar-refractivity contribution in [2.24, 2.45) is 0 Å². The quantitative estimate of drug-likeness (QED) is 0.602. The summed E-state index contributed by atoms with van der Waals surface area (Å²) in [5.74, 6) is -0.847. The fraction of sp³-hybridized carbons (Fsp3) is 0.471. The number of benzene rings is 1. The molecule has 2 N–H and O–H groups in total. The molecule has 0 bridgehead atoms. The van der Waals surface area contributed by atoms with Gasteiger partial charge in [0.15, 0.2) is 6.61 Å². The van der Waals surface area contributed by atoms with Gasteiger partial charge in [0.1, 0.15) is 6.04 Å². The SMILES string of the molecule is CSCC[C@@H](NC(=O)c1ccc(Cl)cc1Cl)C(=O)OCC(=O)NC1CC1. The van der Waals surface area contributed by atoms with E-state index in [1.165, 1.54) is 23.9 Å². The van der Waals surface area contributed by atoms with E-state index in [9.17, 15) is 14.4 Å². The van der Waals surface area contributed by atoms with Gasteiger partial charge in [-0.1, -0.05) is 23.2 Å². The van der Waals surface area contributed by atoms with E-state index in [-0.39, 0.29) is 29.1 Å². The number of amides is 2. The van der Waals surface area contributed by atoms with Gasteiger partial charge in [-0.05, 0) is 49.5 Å². The van der Waals surface area contributed by atoms with E-state index in [0.29, 0.717) is 17.2 Å². The van der Waals surface area contributed by atoms with Gasteiger partial charge < -0.3 is 15.4 Å². The van der Waals surface area contributed by atoms with E-state index in [1.54, 1.807) is 6.07 Å². The van der Waals surface area contributed by atoms with Crippen LogP contribution in [0.25, 0.3) is 0 Å². The topological polar surface area (TPSA) is 84.5 Å². The fourth-order valence-electron chi connectivity index (χ4n) is 2.13. The standard InChI is InChI=1S/C17H20Cl2N2O4S/c1-26-7-6-14(17(24)25-9-15(22)20-11-3-4-11)21-16(23)12-5-2-10(18)8-13(12)19/h2,5,8,11,14H,3-4,6-7,9H2,1H3,(H,20,22)(H,21,23)/t14-/m1/s1. The largest absolute Gasteiger partial charge is 0.454 e. The van der Waals surface area contributed by atoms with Crippen molar-refractivity contribution in [1.82, 2.24) is 10.6 Å². The highest BCUT2D eigenvalue weighted by molar-refractivity contribution is 7.98. The molecule has 9 heteroatoms. The number of ether oxygens (including phenoxy) is 1. The number of carbonyl (C=O) groups excluding carboxylic acids is 3. The van der Waals surface area contributed by atoms with Crippen LogP contribution >= 0.6 is 35.0 Å². The Balaban J connectivity index is 1.94. The summed E-state index contributed by atoms with van der Waals surface area (Å²) in [5.41, 5.74) is 0.212.